The van der Waals surface area contributed by atoms with E-state index in [4.69, 9.17) is 46.4 Å². The van der Waals surface area contributed by atoms with Crippen molar-refractivity contribution >= 4 is 52.3 Å². The summed E-state index contributed by atoms with van der Waals surface area (Å²) in [7, 11) is 0. The molecule has 0 unspecified atom stereocenters. The lowest BCUT2D eigenvalue weighted by Gasteiger charge is -2.20. The van der Waals surface area contributed by atoms with Gasteiger partial charge in [0.25, 0.3) is 5.91 Å². The molecule has 1 aromatic rings. The molecule has 0 aliphatic rings. The molecule has 0 saturated heterocycles. The van der Waals surface area contributed by atoms with E-state index in [9.17, 15) is 4.79 Å². The summed E-state index contributed by atoms with van der Waals surface area (Å²) in [5, 5.41) is 0.777. The number of hydrogen-bond acceptors (Lipinski definition) is 1. The SMILES string of the molecule is O=C(c1ccc(Cl)c(Cl)c1)N(CCCl)CCCl. The van der Waals surface area contributed by atoms with Crippen LogP contribution in [0.1, 0.15) is 10.4 Å². The first kappa shape index (κ1) is 14.9. The van der Waals surface area contributed by atoms with Crippen molar-refractivity contribution in [3.05, 3.63) is 33.8 Å². The molecule has 1 amide bonds. The molecule has 6 heteroatoms. The van der Waals surface area contributed by atoms with Gasteiger partial charge in [-0.15, -0.1) is 23.2 Å². The normalized spacial score (nSPS) is 10.4. The van der Waals surface area contributed by atoms with Gasteiger partial charge >= 0.3 is 0 Å². The molecule has 0 aromatic heterocycles. The summed E-state index contributed by atoms with van der Waals surface area (Å²) in [4.78, 5) is 13.7. The third-order valence-corrected chi connectivity index (χ3v) is 3.24. The van der Waals surface area contributed by atoms with Crippen molar-refractivity contribution in [2.24, 2.45) is 0 Å². The molecule has 0 atom stereocenters. The second-order valence-corrected chi connectivity index (χ2v) is 4.87. The lowest BCUT2D eigenvalue weighted by molar-refractivity contribution is 0.0775. The Bertz CT molecular complexity index is 391. The highest BCUT2D eigenvalue weighted by atomic mass is 35.5. The van der Waals surface area contributed by atoms with Crippen molar-refractivity contribution in [1.82, 2.24) is 4.90 Å². The number of carbonyl (C=O) groups is 1. The fourth-order valence-corrected chi connectivity index (χ4v) is 2.04. The molecular formula is C11H11Cl4NO. The van der Waals surface area contributed by atoms with Crippen LogP contribution in [0.15, 0.2) is 18.2 Å². The van der Waals surface area contributed by atoms with Crippen molar-refractivity contribution in [3.63, 3.8) is 0 Å². The summed E-state index contributed by atoms with van der Waals surface area (Å²) in [5.74, 6) is 0.582. The van der Waals surface area contributed by atoms with Crippen LogP contribution in [0.2, 0.25) is 10.0 Å². The molecule has 2 nitrogen and oxygen atoms in total. The molecule has 17 heavy (non-hydrogen) atoms. The van der Waals surface area contributed by atoms with Crippen molar-refractivity contribution in [2.45, 2.75) is 0 Å². The van der Waals surface area contributed by atoms with Gasteiger partial charge in [-0.3, -0.25) is 4.79 Å². The monoisotopic (exact) mass is 313 g/mol. The van der Waals surface area contributed by atoms with Gasteiger partial charge in [-0.05, 0) is 18.2 Å². The summed E-state index contributed by atoms with van der Waals surface area (Å²) in [5.41, 5.74) is 0.481. The van der Waals surface area contributed by atoms with Gasteiger partial charge in [-0.1, -0.05) is 23.2 Å². The molecule has 1 aromatic carbocycles. The smallest absolute Gasteiger partial charge is 0.253 e. The van der Waals surface area contributed by atoms with Crippen molar-refractivity contribution < 1.29 is 4.79 Å². The Hall–Kier alpha value is -0.150. The number of hydrogen-bond donors (Lipinski definition) is 0. The van der Waals surface area contributed by atoms with Gasteiger partial charge in [0, 0.05) is 30.4 Å². The summed E-state index contributed by atoms with van der Waals surface area (Å²) in [6.07, 6.45) is 0. The molecule has 0 aliphatic heterocycles. The van der Waals surface area contributed by atoms with Crippen LogP contribution in [0.3, 0.4) is 0 Å². The summed E-state index contributed by atoms with van der Waals surface area (Å²) in [6, 6.07) is 4.77. The predicted octanol–water partition coefficient (Wildman–Crippen LogP) is 3.91. The Balaban J connectivity index is 2.88. The molecule has 0 saturated carbocycles. The van der Waals surface area contributed by atoms with Crippen LogP contribution in [0.25, 0.3) is 0 Å². The number of benzene rings is 1. The first-order chi connectivity index (χ1) is 8.10. The zero-order valence-electron chi connectivity index (χ0n) is 8.93. The third-order valence-electron chi connectivity index (χ3n) is 2.16. The fourth-order valence-electron chi connectivity index (χ4n) is 1.33. The van der Waals surface area contributed by atoms with Gasteiger partial charge in [0.1, 0.15) is 0 Å². The van der Waals surface area contributed by atoms with E-state index in [2.05, 4.69) is 0 Å². The number of halogens is 4. The Labute approximate surface area is 120 Å². The van der Waals surface area contributed by atoms with Gasteiger partial charge in [0.2, 0.25) is 0 Å². The molecule has 0 spiro atoms. The van der Waals surface area contributed by atoms with Crippen molar-refractivity contribution in [2.75, 3.05) is 24.8 Å². The van der Waals surface area contributed by atoms with Crippen LogP contribution in [-0.2, 0) is 0 Å². The van der Waals surface area contributed by atoms with Gasteiger partial charge in [0.15, 0.2) is 0 Å². The first-order valence-corrected chi connectivity index (χ1v) is 6.79. The summed E-state index contributed by atoms with van der Waals surface area (Å²) >= 11 is 22.9. The molecule has 0 fully saturated rings. The number of nitrogens with zero attached hydrogens (tertiary/aromatic N) is 1. The quantitative estimate of drug-likeness (QED) is 0.754. The van der Waals surface area contributed by atoms with Crippen LogP contribution < -0.4 is 0 Å². The van der Waals surface area contributed by atoms with E-state index in [1.54, 1.807) is 23.1 Å². The minimum atomic E-state index is -0.148. The molecule has 0 radical (unpaired) electrons. The van der Waals surface area contributed by atoms with Crippen LogP contribution in [-0.4, -0.2) is 35.7 Å². The van der Waals surface area contributed by atoms with Crippen LogP contribution in [0.5, 0.6) is 0 Å². The molecule has 0 N–H and O–H groups in total. The van der Waals surface area contributed by atoms with Gasteiger partial charge < -0.3 is 4.90 Å². The highest BCUT2D eigenvalue weighted by Crippen LogP contribution is 2.23. The maximum Gasteiger partial charge on any atom is 0.253 e. The third kappa shape index (κ3) is 4.22. The molecule has 1 rings (SSSR count). The first-order valence-electron chi connectivity index (χ1n) is 4.96. The van der Waals surface area contributed by atoms with E-state index in [1.807, 2.05) is 0 Å². The van der Waals surface area contributed by atoms with Gasteiger partial charge in [0.05, 0.1) is 10.0 Å². The lowest BCUT2D eigenvalue weighted by atomic mass is 10.2. The van der Waals surface area contributed by atoms with E-state index in [0.29, 0.717) is 40.5 Å². The molecule has 0 bridgehead atoms. The maximum absolute atomic E-state index is 12.1. The van der Waals surface area contributed by atoms with E-state index in [1.165, 1.54) is 0 Å². The van der Waals surface area contributed by atoms with E-state index >= 15 is 0 Å². The van der Waals surface area contributed by atoms with Crippen molar-refractivity contribution in [3.8, 4) is 0 Å². The Morgan fingerprint density at radius 2 is 1.65 bits per heavy atom. The maximum atomic E-state index is 12.1. The van der Waals surface area contributed by atoms with Gasteiger partial charge in [-0.25, -0.2) is 0 Å². The van der Waals surface area contributed by atoms with Crippen LogP contribution in [0.4, 0.5) is 0 Å². The number of amides is 1. The molecular weight excluding hydrogens is 304 g/mol. The average molecular weight is 315 g/mol. The zero-order valence-corrected chi connectivity index (χ0v) is 12.0. The highest BCUT2D eigenvalue weighted by Gasteiger charge is 2.15. The minimum Gasteiger partial charge on any atom is -0.336 e. The predicted molar refractivity (Wildman–Crippen MR) is 73.8 cm³/mol. The van der Waals surface area contributed by atoms with E-state index in [-0.39, 0.29) is 5.91 Å². The van der Waals surface area contributed by atoms with Crippen LogP contribution >= 0.6 is 46.4 Å². The summed E-state index contributed by atoms with van der Waals surface area (Å²) < 4.78 is 0. The standard InChI is InChI=1S/C11H11Cl4NO/c12-3-5-16(6-4-13)11(17)8-1-2-9(14)10(15)7-8/h1-2,7H,3-6H2. The Morgan fingerprint density at radius 3 is 2.12 bits per heavy atom. The van der Waals surface area contributed by atoms with E-state index in [0.717, 1.165) is 0 Å². The Kier molecular flexibility index (Phi) is 6.42. The topological polar surface area (TPSA) is 20.3 Å². The van der Waals surface area contributed by atoms with Crippen molar-refractivity contribution in [1.29, 1.82) is 0 Å². The Morgan fingerprint density at radius 1 is 1.06 bits per heavy atom. The average Bonchev–Trinajstić information content (AvgIpc) is 2.31. The van der Waals surface area contributed by atoms with Crippen LogP contribution in [0, 0.1) is 0 Å². The molecule has 0 heterocycles. The number of carbonyl (C=O) groups excluding carboxylic acids is 1. The molecule has 94 valence electrons. The zero-order chi connectivity index (χ0) is 12.8. The molecule has 0 aliphatic carbocycles. The van der Waals surface area contributed by atoms with E-state index < -0.39 is 0 Å². The minimum absolute atomic E-state index is 0.148. The highest BCUT2D eigenvalue weighted by molar-refractivity contribution is 6.42. The second-order valence-electron chi connectivity index (χ2n) is 3.30. The number of rotatable bonds is 5. The van der Waals surface area contributed by atoms with Gasteiger partial charge in [-0.2, -0.15) is 0 Å². The largest absolute Gasteiger partial charge is 0.336 e. The lowest BCUT2D eigenvalue weighted by Crippen LogP contribution is -2.34. The summed E-state index contributed by atoms with van der Waals surface area (Å²) in [6.45, 7) is 0.903. The number of alkyl halides is 2. The second kappa shape index (κ2) is 7.32. The fraction of sp³-hybridized carbons (Fsp3) is 0.364.